The third kappa shape index (κ3) is 7.34. The first kappa shape index (κ1) is 34.1. The van der Waals surface area contributed by atoms with E-state index in [9.17, 15) is 39.0 Å². The van der Waals surface area contributed by atoms with Crippen LogP contribution >= 0.6 is 46.6 Å². The molecule has 2 saturated heterocycles. The monoisotopic (exact) mass is 723 g/mol. The van der Waals surface area contributed by atoms with E-state index in [1.807, 2.05) is 0 Å². The quantitative estimate of drug-likeness (QED) is 0.0848. The van der Waals surface area contributed by atoms with Gasteiger partial charge in [-0.05, 0) is 17.7 Å². The summed E-state index contributed by atoms with van der Waals surface area (Å²) < 4.78 is 9.99. The molecule has 20 heteroatoms. The lowest BCUT2D eigenvalue weighted by Gasteiger charge is -2.49. The van der Waals surface area contributed by atoms with Crippen LogP contribution < -0.4 is 20.5 Å². The Labute approximate surface area is 282 Å². The Morgan fingerprint density at radius 2 is 1.74 bits per heavy atom. The van der Waals surface area contributed by atoms with E-state index in [0.717, 1.165) is 42.8 Å². The first-order valence-corrected chi connectivity index (χ1v) is 17.5. The number of nitrogen functional groups attached to an aromatic ring is 1. The Kier molecular flexibility index (Phi) is 10.3. The maximum atomic E-state index is 13.5. The van der Waals surface area contributed by atoms with Crippen molar-refractivity contribution in [3.63, 3.8) is 0 Å². The smallest absolute Gasteiger partial charge is 0.352 e. The van der Waals surface area contributed by atoms with Gasteiger partial charge in [0.25, 0.3) is 11.8 Å². The second-order valence-corrected chi connectivity index (χ2v) is 14.6. The van der Waals surface area contributed by atoms with Gasteiger partial charge in [-0.1, -0.05) is 11.2 Å². The highest BCUT2D eigenvalue weighted by atomic mass is 32.2. The number of thioether (sulfide) groups is 3. The van der Waals surface area contributed by atoms with E-state index in [2.05, 4.69) is 15.5 Å². The first-order chi connectivity index (χ1) is 22.3. The molecular weight excluding hydrogens is 699 g/mol. The van der Waals surface area contributed by atoms with E-state index in [1.165, 1.54) is 34.2 Å². The molecule has 4 heterocycles. The third-order valence-electron chi connectivity index (χ3n) is 6.62. The average Bonchev–Trinajstić information content (AvgIpc) is 3.70. The lowest BCUT2D eigenvalue weighted by Crippen LogP contribution is -2.71. The van der Waals surface area contributed by atoms with Crippen LogP contribution in [0.5, 0.6) is 11.5 Å². The molecule has 2 fully saturated rings. The third-order valence-corrected chi connectivity index (χ3v) is 11.7. The molecule has 0 aliphatic carbocycles. The van der Waals surface area contributed by atoms with E-state index in [1.54, 1.807) is 23.5 Å². The number of β-lactam (4-membered cyclic amide) rings is 1. The van der Waals surface area contributed by atoms with Crippen LogP contribution in [0.15, 0.2) is 40.0 Å². The van der Waals surface area contributed by atoms with Crippen LogP contribution in [0.2, 0.25) is 0 Å². The Hall–Kier alpha value is -4.27. The molecule has 3 aliphatic rings. The summed E-state index contributed by atoms with van der Waals surface area (Å²) in [5.74, 6) is -4.21. The minimum atomic E-state index is -1.86. The largest absolute Gasteiger partial charge is 0.478 e. The maximum absolute atomic E-state index is 13.5. The van der Waals surface area contributed by atoms with Crippen molar-refractivity contribution in [3.8, 4) is 11.5 Å². The van der Waals surface area contributed by atoms with Gasteiger partial charge < -0.3 is 35.6 Å². The molecule has 5 N–H and O–H groups in total. The molecular formula is C27H25N5O11S4. The molecule has 2 aromatic rings. The Bertz CT molecular complexity index is 1720. The highest BCUT2D eigenvalue weighted by Gasteiger charge is 2.55. The molecule has 0 bridgehead atoms. The lowest BCUT2D eigenvalue weighted by atomic mass is 10.0. The van der Waals surface area contributed by atoms with Gasteiger partial charge in [0.2, 0.25) is 6.10 Å². The summed E-state index contributed by atoms with van der Waals surface area (Å²) >= 11 is 5.52. The number of aliphatic carboxylic acids is 2. The number of benzene rings is 1. The standard InChI is InChI=1S/C27H25N5O11S4/c1-10(33)41-15-4-3-12(7-16(15)42-11(2)34)20(25(39)40)43-31-17(14-9-47-27(28)29-14)21(35)30-18-22(36)32-19(24(37)38)13(8-46-23(18)32)26-44-5-6-45-26/h3-4,7,9,18,20,23,26H,5-6,8H2,1-2H3,(H2,28,29)(H,30,35)(H,37,38)(H,39,40)/t18-,20-,23+/m1/s1. The number of fused-ring (bicyclic) bond motifs is 1. The molecule has 1 aromatic carbocycles. The number of nitrogens with one attached hydrogen (secondary N) is 1. The van der Waals surface area contributed by atoms with E-state index in [0.29, 0.717) is 11.3 Å². The molecule has 16 nitrogen and oxygen atoms in total. The number of thiazole rings is 1. The van der Waals surface area contributed by atoms with Gasteiger partial charge in [-0.2, -0.15) is 0 Å². The fourth-order valence-corrected chi connectivity index (χ4v) is 9.81. The van der Waals surface area contributed by atoms with Crippen LogP contribution in [0.4, 0.5) is 5.13 Å². The van der Waals surface area contributed by atoms with E-state index >= 15 is 0 Å². The number of esters is 2. The minimum absolute atomic E-state index is 0.0579. The van der Waals surface area contributed by atoms with Crippen molar-refractivity contribution in [2.75, 3.05) is 23.0 Å². The van der Waals surface area contributed by atoms with Crippen molar-refractivity contribution in [1.29, 1.82) is 0 Å². The Morgan fingerprint density at radius 1 is 1.06 bits per heavy atom. The van der Waals surface area contributed by atoms with E-state index in [4.69, 9.17) is 20.0 Å². The van der Waals surface area contributed by atoms with Gasteiger partial charge in [-0.15, -0.1) is 46.6 Å². The second kappa shape index (κ2) is 14.2. The summed E-state index contributed by atoms with van der Waals surface area (Å²) in [6, 6.07) is 2.40. The topological polar surface area (TPSA) is 237 Å². The number of carbonyl (C=O) groups excluding carboxylic acids is 4. The normalized spacial score (nSPS) is 20.2. The number of nitrogens with zero attached hydrogens (tertiary/aromatic N) is 3. The van der Waals surface area contributed by atoms with E-state index in [-0.39, 0.29) is 38.2 Å². The number of carboxylic acids is 2. The van der Waals surface area contributed by atoms with Gasteiger partial charge in [-0.25, -0.2) is 14.6 Å². The number of hydrogen-bond acceptors (Lipinski definition) is 16. The molecule has 248 valence electrons. The zero-order valence-electron chi connectivity index (χ0n) is 24.4. The molecule has 0 spiro atoms. The number of ether oxygens (including phenoxy) is 2. The molecule has 5 rings (SSSR count). The summed E-state index contributed by atoms with van der Waals surface area (Å²) in [5, 5.41) is 27.0. The van der Waals surface area contributed by atoms with Crippen molar-refractivity contribution in [1.82, 2.24) is 15.2 Å². The predicted molar refractivity (Wildman–Crippen MR) is 172 cm³/mol. The molecule has 2 amide bonds. The SMILES string of the molecule is CC(=O)Oc1ccc([C@@H](ON=C(C(=O)N[C@@H]2C(=O)N3C(C(=O)O)=C(C4SCCS4)CS[C@@H]23)c2csc(N)n2)C(=O)O)cc1OC(C)=O. The molecule has 47 heavy (non-hydrogen) atoms. The van der Waals surface area contributed by atoms with Crippen LogP contribution in [0.1, 0.15) is 31.2 Å². The van der Waals surface area contributed by atoms with Gasteiger partial charge in [0.15, 0.2) is 22.3 Å². The van der Waals surface area contributed by atoms with Crippen molar-refractivity contribution in [3.05, 3.63) is 46.1 Å². The highest BCUT2D eigenvalue weighted by molar-refractivity contribution is 8.20. The van der Waals surface area contributed by atoms with Crippen molar-refractivity contribution < 1.29 is 53.3 Å². The second-order valence-electron chi connectivity index (χ2n) is 9.84. The summed E-state index contributed by atoms with van der Waals surface area (Å²) in [6.45, 7) is 2.21. The van der Waals surface area contributed by atoms with Crippen LogP contribution in [0.3, 0.4) is 0 Å². The summed E-state index contributed by atoms with van der Waals surface area (Å²) in [5.41, 5.74) is 5.62. The zero-order chi connectivity index (χ0) is 34.0. The highest BCUT2D eigenvalue weighted by Crippen LogP contribution is 2.47. The van der Waals surface area contributed by atoms with Gasteiger partial charge in [0.1, 0.15) is 22.8 Å². The number of nitrogens with two attached hydrogens (primary N) is 1. The maximum Gasteiger partial charge on any atom is 0.352 e. The fourth-order valence-electron chi connectivity index (χ4n) is 4.71. The van der Waals surface area contributed by atoms with Gasteiger partial charge >= 0.3 is 23.9 Å². The molecule has 3 aliphatic heterocycles. The van der Waals surface area contributed by atoms with Crippen LogP contribution in [-0.2, 0) is 33.6 Å². The zero-order valence-corrected chi connectivity index (χ0v) is 27.6. The van der Waals surface area contributed by atoms with Crippen LogP contribution in [0, 0.1) is 0 Å². The summed E-state index contributed by atoms with van der Waals surface area (Å²) in [6.07, 6.45) is -1.86. The molecule has 0 saturated carbocycles. The molecule has 0 unspecified atom stereocenters. The number of carboxylic acid groups (broad SMARTS) is 2. The van der Waals surface area contributed by atoms with Gasteiger partial charge in [0.05, 0.1) is 4.58 Å². The molecule has 3 atom stereocenters. The lowest BCUT2D eigenvalue weighted by molar-refractivity contribution is -0.151. The molecule has 0 radical (unpaired) electrons. The van der Waals surface area contributed by atoms with Crippen molar-refractivity contribution in [2.45, 2.75) is 35.9 Å². The van der Waals surface area contributed by atoms with Crippen molar-refractivity contribution in [2.24, 2.45) is 5.16 Å². The number of aromatic nitrogens is 1. The first-order valence-electron chi connectivity index (χ1n) is 13.5. The number of rotatable bonds is 11. The van der Waals surface area contributed by atoms with Gasteiger partial charge in [-0.3, -0.25) is 24.1 Å². The predicted octanol–water partition coefficient (Wildman–Crippen LogP) is 1.67. The number of oxime groups is 1. The Balaban J connectivity index is 1.40. The average molecular weight is 724 g/mol. The number of amides is 2. The Morgan fingerprint density at radius 3 is 2.34 bits per heavy atom. The number of hydrogen-bond donors (Lipinski definition) is 4. The van der Waals surface area contributed by atoms with Crippen LogP contribution in [-0.4, -0.2) is 94.8 Å². The fraction of sp³-hybridized carbons (Fsp3) is 0.333. The number of carbonyl (C=O) groups is 6. The van der Waals surface area contributed by atoms with E-state index < -0.39 is 58.9 Å². The minimum Gasteiger partial charge on any atom is -0.478 e. The molecule has 1 aromatic heterocycles. The summed E-state index contributed by atoms with van der Waals surface area (Å²) in [4.78, 5) is 84.9. The van der Waals surface area contributed by atoms with Gasteiger partial charge in [0, 0.05) is 42.0 Å². The van der Waals surface area contributed by atoms with Crippen LogP contribution in [0.25, 0.3) is 0 Å². The van der Waals surface area contributed by atoms with Crippen molar-refractivity contribution >= 4 is 93.2 Å². The summed E-state index contributed by atoms with van der Waals surface area (Å²) in [7, 11) is 0. The number of anilines is 1.